The van der Waals surface area contributed by atoms with Gasteiger partial charge in [0.2, 0.25) is 5.60 Å². The summed E-state index contributed by atoms with van der Waals surface area (Å²) in [5.41, 5.74) is -1.94. The van der Waals surface area contributed by atoms with Crippen LogP contribution in [0.4, 0.5) is 5.69 Å². The first-order valence-electron chi connectivity index (χ1n) is 21.2. The number of H-pyrrole nitrogens is 1. The molecule has 1 spiro atoms. The summed E-state index contributed by atoms with van der Waals surface area (Å²) >= 11 is 0. The van der Waals surface area contributed by atoms with Gasteiger partial charge in [-0.25, -0.2) is 4.79 Å². The highest BCUT2D eigenvalue weighted by molar-refractivity contribution is 5.95. The number of benzene rings is 2. The highest BCUT2D eigenvalue weighted by Gasteiger charge is 2.81. The van der Waals surface area contributed by atoms with Gasteiger partial charge in [0.05, 0.1) is 33.0 Å². The molecule has 316 valence electrons. The molecule has 59 heavy (non-hydrogen) atoms. The van der Waals surface area contributed by atoms with Crippen molar-refractivity contribution in [2.24, 2.45) is 11.3 Å². The van der Waals surface area contributed by atoms with Gasteiger partial charge in [-0.3, -0.25) is 19.4 Å². The van der Waals surface area contributed by atoms with E-state index in [0.717, 1.165) is 27.7 Å². The van der Waals surface area contributed by atoms with E-state index in [2.05, 4.69) is 26.9 Å². The number of anilines is 1. The number of aliphatic hydroxyl groups is 2. The van der Waals surface area contributed by atoms with E-state index in [9.17, 15) is 19.8 Å². The van der Waals surface area contributed by atoms with E-state index in [1.807, 2.05) is 62.2 Å². The van der Waals surface area contributed by atoms with E-state index in [0.29, 0.717) is 88.2 Å². The second-order valence-electron chi connectivity index (χ2n) is 18.2. The van der Waals surface area contributed by atoms with Gasteiger partial charge in [-0.05, 0) is 79.8 Å². The topological polar surface area (TPSA) is 154 Å². The second-order valence-corrected chi connectivity index (χ2v) is 18.2. The highest BCUT2D eigenvalue weighted by Crippen LogP contribution is 2.69. The van der Waals surface area contributed by atoms with Crippen LogP contribution in [-0.2, 0) is 45.8 Å². The predicted octanol–water partition coefficient (Wildman–Crippen LogP) is 3.99. The minimum Gasteiger partial charge on any atom is -0.497 e. The third-order valence-corrected chi connectivity index (χ3v) is 15.6. The average Bonchev–Trinajstić information content (AvgIpc) is 3.90. The summed E-state index contributed by atoms with van der Waals surface area (Å²) in [6.45, 7) is 8.52. The zero-order valence-electron chi connectivity index (χ0n) is 35.3. The van der Waals surface area contributed by atoms with Gasteiger partial charge >= 0.3 is 17.9 Å². The van der Waals surface area contributed by atoms with Crippen LogP contribution in [0.2, 0.25) is 0 Å². The minimum absolute atomic E-state index is 0.126. The average molecular weight is 811 g/mol. The Kier molecular flexibility index (Phi) is 9.36. The Hall–Kier alpha value is -4.43. The molecular weight excluding hydrogens is 753 g/mol. The van der Waals surface area contributed by atoms with Crippen molar-refractivity contribution in [1.82, 2.24) is 14.8 Å². The Labute approximate surface area is 345 Å². The summed E-state index contributed by atoms with van der Waals surface area (Å²) in [6.07, 6.45) is 5.77. The quantitative estimate of drug-likeness (QED) is 0.180. The van der Waals surface area contributed by atoms with Crippen LogP contribution in [0.5, 0.6) is 5.75 Å². The molecule has 3 fully saturated rings. The van der Waals surface area contributed by atoms with E-state index in [4.69, 9.17) is 18.9 Å². The predicted molar refractivity (Wildman–Crippen MR) is 220 cm³/mol. The third kappa shape index (κ3) is 5.20. The number of carbonyl (C=O) groups excluding carboxylic acids is 3. The van der Waals surface area contributed by atoms with Crippen LogP contribution in [0.15, 0.2) is 48.6 Å². The first kappa shape index (κ1) is 40.0. The summed E-state index contributed by atoms with van der Waals surface area (Å²) < 4.78 is 23.9. The molecule has 6 unspecified atom stereocenters. The number of carbonyl (C=O) groups is 3. The van der Waals surface area contributed by atoms with E-state index >= 15 is 4.79 Å². The van der Waals surface area contributed by atoms with Crippen molar-refractivity contribution in [3.63, 3.8) is 0 Å². The Morgan fingerprint density at radius 2 is 1.73 bits per heavy atom. The molecule has 13 nitrogen and oxygen atoms in total. The fourth-order valence-corrected chi connectivity index (χ4v) is 13.6. The maximum absolute atomic E-state index is 15.6. The van der Waals surface area contributed by atoms with Crippen molar-refractivity contribution in [2.45, 2.75) is 99.5 Å². The molecule has 6 aliphatic rings. The lowest BCUT2D eigenvalue weighted by Gasteiger charge is -2.63. The summed E-state index contributed by atoms with van der Waals surface area (Å²) in [4.78, 5) is 53.8. The summed E-state index contributed by atoms with van der Waals surface area (Å²) in [6, 6.07) is 10.7. The molecule has 0 amide bonds. The molecule has 1 aromatic heterocycles. The van der Waals surface area contributed by atoms with Crippen molar-refractivity contribution < 1.29 is 43.5 Å². The molecule has 9 rings (SSSR count). The summed E-state index contributed by atoms with van der Waals surface area (Å²) in [5, 5.41) is 26.6. The first-order chi connectivity index (χ1) is 28.2. The molecule has 5 aliphatic heterocycles. The number of nitrogens with one attached hydrogen (secondary N) is 1. The molecule has 10 atom stereocenters. The van der Waals surface area contributed by atoms with E-state index < -0.39 is 57.5 Å². The number of fused-ring (bicyclic) bond motifs is 6. The first-order valence-corrected chi connectivity index (χ1v) is 21.2. The Morgan fingerprint density at radius 3 is 2.42 bits per heavy atom. The van der Waals surface area contributed by atoms with Crippen LogP contribution in [0.25, 0.3) is 10.9 Å². The number of likely N-dealkylation sites (N-methyl/N-ethyl adjacent to an activating group) is 1. The van der Waals surface area contributed by atoms with Crippen molar-refractivity contribution in [1.29, 1.82) is 0 Å². The number of hydrogen-bond donors (Lipinski definition) is 3. The van der Waals surface area contributed by atoms with Gasteiger partial charge in [0.25, 0.3) is 0 Å². The summed E-state index contributed by atoms with van der Waals surface area (Å²) in [7, 11) is 6.15. The normalized spacial score (nSPS) is 37.0. The number of methoxy groups -OCH3 is 3. The van der Waals surface area contributed by atoms with Crippen LogP contribution >= 0.6 is 0 Å². The van der Waals surface area contributed by atoms with E-state index in [1.54, 1.807) is 7.11 Å². The number of piperidine rings is 1. The molecule has 1 saturated carbocycles. The van der Waals surface area contributed by atoms with Gasteiger partial charge in [-0.1, -0.05) is 44.2 Å². The monoisotopic (exact) mass is 810 g/mol. The van der Waals surface area contributed by atoms with Gasteiger partial charge in [0, 0.05) is 85.4 Å². The third-order valence-electron chi connectivity index (χ3n) is 15.6. The maximum atomic E-state index is 15.6. The Bertz CT molecular complexity index is 2260. The van der Waals surface area contributed by atoms with Crippen LogP contribution in [0, 0.1) is 11.3 Å². The maximum Gasteiger partial charge on any atom is 0.344 e. The lowest BCUT2D eigenvalue weighted by atomic mass is 9.46. The fraction of sp³-hybridized carbons (Fsp3) is 0.587. The van der Waals surface area contributed by atoms with E-state index in [-0.39, 0.29) is 12.0 Å². The summed E-state index contributed by atoms with van der Waals surface area (Å²) in [5.74, 6) is -1.58. The standard InChI is InChI=1S/C46H58N4O9/c1-8-42(54)23-28-24-45(40(52)57-6,36-31(15-19-49(25-28)26-42)30-13-10-11-14-33(30)47-36)32-21-29(56-5)22-34-35(32)44-17-20-50-18-12-16-43(9-2,37(44)50)39(59-27(3)51)46(55,41(53)58-7)38(44)48(34)4/h10-14,16,21-22,28,37-39,47,54-55H,8-9,15,17-20,23-26H2,1-7H3/t28?,37?,38?,39-,42+,43-,44?,45?,46+/m1/s1. The number of para-hydroxylation sites is 1. The SMILES string of the molecule is CC[C@]1(O)CC2CN(CCc3c([nH]c4ccccc34)C(C(=O)OC)(c3cc(OC)cc4c3C35CCN6CC=C[C@](CC)(C63)[C@@H](OC(C)=O)[C@](O)(C(=O)OC)C5N4C)C2)C1. The molecule has 2 bridgehead atoms. The fourth-order valence-electron chi connectivity index (χ4n) is 13.6. The van der Waals surface area contributed by atoms with E-state index in [1.165, 1.54) is 21.1 Å². The largest absolute Gasteiger partial charge is 0.497 e. The highest BCUT2D eigenvalue weighted by atomic mass is 16.6. The molecule has 0 radical (unpaired) electrons. The van der Waals surface area contributed by atoms with Crippen LogP contribution in [0.1, 0.15) is 75.3 Å². The van der Waals surface area contributed by atoms with Crippen LogP contribution < -0.4 is 9.64 Å². The van der Waals surface area contributed by atoms with Gasteiger partial charge in [-0.2, -0.15) is 0 Å². The number of rotatable bonds is 7. The van der Waals surface area contributed by atoms with Crippen molar-refractivity contribution in [3.05, 3.63) is 70.9 Å². The number of aromatic amines is 1. The molecule has 3 aromatic rings. The zero-order chi connectivity index (χ0) is 41.9. The Balaban J connectivity index is 1.42. The van der Waals surface area contributed by atoms with Crippen LogP contribution in [-0.4, -0.2) is 133 Å². The number of esters is 3. The zero-order valence-corrected chi connectivity index (χ0v) is 35.3. The second kappa shape index (κ2) is 13.8. The molecular formula is C46H58N4O9. The molecule has 1 aliphatic carbocycles. The number of hydrogen-bond acceptors (Lipinski definition) is 12. The number of nitrogens with zero attached hydrogens (tertiary/aromatic N) is 3. The number of aromatic nitrogens is 1. The van der Waals surface area contributed by atoms with Crippen molar-refractivity contribution in [2.75, 3.05) is 66.0 Å². The lowest BCUT2D eigenvalue weighted by molar-refractivity contribution is -0.228. The number of ether oxygens (including phenoxy) is 4. The molecule has 6 heterocycles. The Morgan fingerprint density at radius 1 is 0.966 bits per heavy atom. The van der Waals surface area contributed by atoms with Gasteiger partial charge in [-0.15, -0.1) is 0 Å². The minimum atomic E-state index is -2.35. The van der Waals surface area contributed by atoms with Crippen molar-refractivity contribution >= 4 is 34.5 Å². The molecule has 13 heteroatoms. The molecule has 2 aromatic carbocycles. The molecule has 3 N–H and O–H groups in total. The smallest absolute Gasteiger partial charge is 0.344 e. The van der Waals surface area contributed by atoms with Crippen molar-refractivity contribution in [3.8, 4) is 5.75 Å². The van der Waals surface area contributed by atoms with Crippen LogP contribution in [0.3, 0.4) is 0 Å². The van der Waals surface area contributed by atoms with Gasteiger partial charge in [0.15, 0.2) is 6.10 Å². The van der Waals surface area contributed by atoms with Gasteiger partial charge in [0.1, 0.15) is 11.2 Å². The van der Waals surface area contributed by atoms with Gasteiger partial charge < -0.3 is 39.0 Å². The lowest BCUT2D eigenvalue weighted by Crippen LogP contribution is -2.81. The molecule has 2 saturated heterocycles.